The summed E-state index contributed by atoms with van der Waals surface area (Å²) in [5, 5.41) is 3.24. The number of hydrogen-bond acceptors (Lipinski definition) is 2. The first-order valence-electron chi connectivity index (χ1n) is 7.76. The third kappa shape index (κ3) is 4.60. The van der Waals surface area contributed by atoms with Crippen LogP contribution in [-0.4, -0.2) is 36.5 Å². The average molecular weight is 252 g/mol. The maximum absolute atomic E-state index is 12.0. The molecule has 1 aliphatic carbocycles. The average Bonchev–Trinajstić information content (AvgIpc) is 2.61. The van der Waals surface area contributed by atoms with Gasteiger partial charge in [0.15, 0.2) is 0 Å². The summed E-state index contributed by atoms with van der Waals surface area (Å²) in [4.78, 5) is 14.3. The van der Waals surface area contributed by atoms with E-state index in [2.05, 4.69) is 17.1 Å². The molecule has 3 heteroatoms. The summed E-state index contributed by atoms with van der Waals surface area (Å²) >= 11 is 0. The number of nitrogens with one attached hydrogen (secondary N) is 1. The first-order chi connectivity index (χ1) is 8.74. The lowest BCUT2D eigenvalue weighted by molar-refractivity contribution is -0.123. The number of rotatable bonds is 3. The Hall–Kier alpha value is -0.570. The fraction of sp³-hybridized carbons (Fsp3) is 0.933. The van der Waals surface area contributed by atoms with E-state index in [4.69, 9.17) is 0 Å². The normalized spacial score (nSPS) is 24.7. The van der Waals surface area contributed by atoms with Crippen LogP contribution in [0.25, 0.3) is 0 Å². The van der Waals surface area contributed by atoms with E-state index >= 15 is 0 Å². The van der Waals surface area contributed by atoms with Gasteiger partial charge in [-0.2, -0.15) is 0 Å². The molecule has 1 heterocycles. The van der Waals surface area contributed by atoms with Gasteiger partial charge >= 0.3 is 0 Å². The third-order valence-corrected chi connectivity index (χ3v) is 4.46. The van der Waals surface area contributed by atoms with Crippen LogP contribution in [0, 0.1) is 5.92 Å². The Labute approximate surface area is 111 Å². The van der Waals surface area contributed by atoms with Crippen molar-refractivity contribution in [1.29, 1.82) is 0 Å². The summed E-state index contributed by atoms with van der Waals surface area (Å²) in [6.07, 6.45) is 10.1. The van der Waals surface area contributed by atoms with Gasteiger partial charge in [0, 0.05) is 6.04 Å². The molecule has 1 saturated carbocycles. The van der Waals surface area contributed by atoms with Gasteiger partial charge in [0.25, 0.3) is 0 Å². The van der Waals surface area contributed by atoms with E-state index < -0.39 is 0 Å². The lowest BCUT2D eigenvalue weighted by Gasteiger charge is -2.30. The SMILES string of the molecule is CC1CCN(CC(=O)NC2CCCCCC2)CC1. The van der Waals surface area contributed by atoms with Crippen LogP contribution in [0.1, 0.15) is 58.3 Å². The highest BCUT2D eigenvalue weighted by Crippen LogP contribution is 2.18. The molecule has 3 nitrogen and oxygen atoms in total. The molecule has 2 rings (SSSR count). The lowest BCUT2D eigenvalue weighted by Crippen LogP contribution is -2.44. The number of amides is 1. The summed E-state index contributed by atoms with van der Waals surface area (Å²) in [5.74, 6) is 1.09. The van der Waals surface area contributed by atoms with Crippen molar-refractivity contribution in [2.45, 2.75) is 64.3 Å². The highest BCUT2D eigenvalue weighted by atomic mass is 16.2. The van der Waals surface area contributed by atoms with Gasteiger partial charge in [-0.05, 0) is 44.7 Å². The minimum absolute atomic E-state index is 0.247. The number of hydrogen-bond donors (Lipinski definition) is 1. The fourth-order valence-corrected chi connectivity index (χ4v) is 3.12. The van der Waals surface area contributed by atoms with Crippen molar-refractivity contribution < 1.29 is 4.79 Å². The van der Waals surface area contributed by atoms with E-state index in [1.54, 1.807) is 0 Å². The summed E-state index contributed by atoms with van der Waals surface area (Å²) in [6.45, 7) is 5.12. The van der Waals surface area contributed by atoms with Crippen LogP contribution in [0.5, 0.6) is 0 Å². The summed E-state index contributed by atoms with van der Waals surface area (Å²) in [5.41, 5.74) is 0. The largest absolute Gasteiger partial charge is 0.352 e. The van der Waals surface area contributed by atoms with Crippen molar-refractivity contribution >= 4 is 5.91 Å². The predicted molar refractivity (Wildman–Crippen MR) is 74.5 cm³/mol. The molecule has 1 aliphatic heterocycles. The molecule has 0 aromatic rings. The van der Waals surface area contributed by atoms with E-state index in [0.717, 1.165) is 19.0 Å². The van der Waals surface area contributed by atoms with Gasteiger partial charge in [-0.3, -0.25) is 9.69 Å². The van der Waals surface area contributed by atoms with Crippen LogP contribution < -0.4 is 5.32 Å². The molecular formula is C15H28N2O. The summed E-state index contributed by atoms with van der Waals surface area (Å²) in [6, 6.07) is 0.448. The van der Waals surface area contributed by atoms with Crippen LogP contribution in [0.15, 0.2) is 0 Å². The molecule has 0 atom stereocenters. The molecule has 0 radical (unpaired) electrons. The van der Waals surface area contributed by atoms with Gasteiger partial charge < -0.3 is 5.32 Å². The van der Waals surface area contributed by atoms with Crippen molar-refractivity contribution in [3.05, 3.63) is 0 Å². The summed E-state index contributed by atoms with van der Waals surface area (Å²) in [7, 11) is 0. The van der Waals surface area contributed by atoms with E-state index in [0.29, 0.717) is 12.6 Å². The van der Waals surface area contributed by atoms with E-state index in [1.165, 1.54) is 51.4 Å². The van der Waals surface area contributed by atoms with Crippen LogP contribution in [-0.2, 0) is 4.79 Å². The number of nitrogens with zero attached hydrogens (tertiary/aromatic N) is 1. The minimum Gasteiger partial charge on any atom is -0.352 e. The number of carbonyl (C=O) groups is 1. The molecule has 1 N–H and O–H groups in total. The fourth-order valence-electron chi connectivity index (χ4n) is 3.12. The van der Waals surface area contributed by atoms with Crippen molar-refractivity contribution in [1.82, 2.24) is 10.2 Å². The van der Waals surface area contributed by atoms with Crippen molar-refractivity contribution in [2.24, 2.45) is 5.92 Å². The molecule has 0 aromatic heterocycles. The van der Waals surface area contributed by atoms with Crippen LogP contribution in [0.2, 0.25) is 0 Å². The molecule has 104 valence electrons. The van der Waals surface area contributed by atoms with Crippen LogP contribution in [0.3, 0.4) is 0 Å². The predicted octanol–water partition coefficient (Wildman–Crippen LogP) is 2.56. The minimum atomic E-state index is 0.247. The summed E-state index contributed by atoms with van der Waals surface area (Å²) < 4.78 is 0. The second-order valence-electron chi connectivity index (χ2n) is 6.21. The van der Waals surface area contributed by atoms with Gasteiger partial charge in [0.1, 0.15) is 0 Å². The first kappa shape index (κ1) is 13.9. The Morgan fingerprint density at radius 3 is 2.28 bits per heavy atom. The highest BCUT2D eigenvalue weighted by molar-refractivity contribution is 5.78. The Balaban J connectivity index is 1.67. The van der Waals surface area contributed by atoms with E-state index in [9.17, 15) is 4.79 Å². The standard InChI is InChI=1S/C15H28N2O/c1-13-8-10-17(11-9-13)12-15(18)16-14-6-4-2-3-5-7-14/h13-14H,2-12H2,1H3,(H,16,18). The zero-order chi connectivity index (χ0) is 12.8. The Bertz CT molecular complexity index is 251. The molecule has 1 saturated heterocycles. The zero-order valence-corrected chi connectivity index (χ0v) is 11.8. The van der Waals surface area contributed by atoms with E-state index in [-0.39, 0.29) is 5.91 Å². The Morgan fingerprint density at radius 1 is 1.06 bits per heavy atom. The van der Waals surface area contributed by atoms with Crippen LogP contribution in [0.4, 0.5) is 0 Å². The van der Waals surface area contributed by atoms with Crippen molar-refractivity contribution in [3.63, 3.8) is 0 Å². The topological polar surface area (TPSA) is 32.3 Å². The monoisotopic (exact) mass is 252 g/mol. The first-order valence-corrected chi connectivity index (χ1v) is 7.76. The van der Waals surface area contributed by atoms with Gasteiger partial charge in [-0.1, -0.05) is 32.6 Å². The smallest absolute Gasteiger partial charge is 0.234 e. The molecule has 18 heavy (non-hydrogen) atoms. The quantitative estimate of drug-likeness (QED) is 0.783. The third-order valence-electron chi connectivity index (χ3n) is 4.46. The van der Waals surface area contributed by atoms with Gasteiger partial charge in [-0.15, -0.1) is 0 Å². The van der Waals surface area contributed by atoms with Crippen molar-refractivity contribution in [2.75, 3.05) is 19.6 Å². The van der Waals surface area contributed by atoms with Crippen molar-refractivity contribution in [3.8, 4) is 0 Å². The molecular weight excluding hydrogens is 224 g/mol. The maximum atomic E-state index is 12.0. The Morgan fingerprint density at radius 2 is 1.67 bits per heavy atom. The second kappa shape index (κ2) is 7.13. The lowest BCUT2D eigenvalue weighted by atomic mass is 9.99. The zero-order valence-electron chi connectivity index (χ0n) is 11.8. The molecule has 1 amide bonds. The highest BCUT2D eigenvalue weighted by Gasteiger charge is 2.20. The van der Waals surface area contributed by atoms with Crippen LogP contribution >= 0.6 is 0 Å². The molecule has 2 fully saturated rings. The molecule has 0 bridgehead atoms. The molecule has 0 spiro atoms. The van der Waals surface area contributed by atoms with Gasteiger partial charge in [-0.25, -0.2) is 0 Å². The second-order valence-corrected chi connectivity index (χ2v) is 6.21. The maximum Gasteiger partial charge on any atom is 0.234 e. The molecule has 2 aliphatic rings. The number of carbonyl (C=O) groups excluding carboxylic acids is 1. The van der Waals surface area contributed by atoms with Gasteiger partial charge in [0.2, 0.25) is 5.91 Å². The van der Waals surface area contributed by atoms with E-state index in [1.807, 2.05) is 0 Å². The molecule has 0 aromatic carbocycles. The van der Waals surface area contributed by atoms with Gasteiger partial charge in [0.05, 0.1) is 6.54 Å². The molecule has 0 unspecified atom stereocenters. The Kier molecular flexibility index (Phi) is 5.48. The number of piperidine rings is 1. The number of likely N-dealkylation sites (tertiary alicyclic amines) is 1.